The van der Waals surface area contributed by atoms with Crippen molar-refractivity contribution in [2.24, 2.45) is 11.3 Å². The minimum Gasteiger partial charge on any atom is -0.458 e. The fraction of sp³-hybridized carbons (Fsp3) is 0.429. The third-order valence-corrected chi connectivity index (χ3v) is 5.90. The van der Waals surface area contributed by atoms with Crippen LogP contribution in [0.5, 0.6) is 0 Å². The molecule has 1 aromatic carbocycles. The summed E-state index contributed by atoms with van der Waals surface area (Å²) >= 11 is 0. The van der Waals surface area contributed by atoms with Crippen LogP contribution in [0, 0.1) is 21.4 Å². The largest absolute Gasteiger partial charge is 0.458 e. The lowest BCUT2D eigenvalue weighted by molar-refractivity contribution is -0.384. The standard InChI is InChI=1S/C21H23NO5/c1-13(2)15-10-16-12-18(23)8-9-21(16,3)19(11-15)27-20(24)14-4-6-17(7-5-14)22(25)26/h4-7,12,15,19H,1,8-11H2,2-3H3/t15-,19-,21+/m1/s1. The lowest BCUT2D eigenvalue weighted by Gasteiger charge is -2.47. The topological polar surface area (TPSA) is 86.5 Å². The Labute approximate surface area is 158 Å². The number of nitrogens with zero attached hydrogens (tertiary/aromatic N) is 1. The van der Waals surface area contributed by atoms with E-state index < -0.39 is 10.9 Å². The second kappa shape index (κ2) is 7.10. The normalized spacial score (nSPS) is 27.3. The zero-order valence-corrected chi connectivity index (χ0v) is 15.6. The Morgan fingerprint density at radius 2 is 2.00 bits per heavy atom. The SMILES string of the molecule is C=C(C)[C@@H]1CC2=CC(=O)CC[C@]2(C)[C@H](OC(=O)c2ccc([N+](=O)[O-])cc2)C1. The fourth-order valence-corrected chi connectivity index (χ4v) is 3.97. The van der Waals surface area contributed by atoms with Gasteiger partial charge in [-0.05, 0) is 50.3 Å². The predicted molar refractivity (Wildman–Crippen MR) is 100 cm³/mol. The number of carbonyl (C=O) groups excluding carboxylic acids is 2. The molecule has 2 aliphatic carbocycles. The number of ketones is 1. The van der Waals surface area contributed by atoms with Gasteiger partial charge in [-0.1, -0.05) is 24.6 Å². The van der Waals surface area contributed by atoms with Crippen LogP contribution in [0.4, 0.5) is 5.69 Å². The third kappa shape index (κ3) is 3.70. The van der Waals surface area contributed by atoms with Crippen molar-refractivity contribution in [2.75, 3.05) is 0 Å². The number of carbonyl (C=O) groups is 2. The number of benzene rings is 1. The van der Waals surface area contributed by atoms with E-state index in [4.69, 9.17) is 4.74 Å². The number of esters is 1. The highest BCUT2D eigenvalue weighted by atomic mass is 16.6. The van der Waals surface area contributed by atoms with E-state index in [0.29, 0.717) is 19.3 Å². The van der Waals surface area contributed by atoms with Gasteiger partial charge in [0.1, 0.15) is 6.10 Å². The first-order valence-electron chi connectivity index (χ1n) is 9.05. The van der Waals surface area contributed by atoms with E-state index in [0.717, 1.165) is 17.6 Å². The predicted octanol–water partition coefficient (Wildman–Crippen LogP) is 4.40. The number of fused-ring (bicyclic) bond motifs is 1. The van der Waals surface area contributed by atoms with E-state index in [-0.39, 0.29) is 34.5 Å². The van der Waals surface area contributed by atoms with E-state index >= 15 is 0 Å². The minimum atomic E-state index is -0.509. The summed E-state index contributed by atoms with van der Waals surface area (Å²) in [7, 11) is 0. The molecule has 0 unspecified atom stereocenters. The summed E-state index contributed by atoms with van der Waals surface area (Å²) in [6, 6.07) is 5.40. The van der Waals surface area contributed by atoms with E-state index in [1.54, 1.807) is 6.08 Å². The van der Waals surface area contributed by atoms with E-state index in [2.05, 4.69) is 6.58 Å². The number of allylic oxidation sites excluding steroid dienone is 2. The molecule has 142 valence electrons. The summed E-state index contributed by atoms with van der Waals surface area (Å²) in [6.45, 7) is 8.04. The van der Waals surface area contributed by atoms with Crippen LogP contribution >= 0.6 is 0 Å². The van der Waals surface area contributed by atoms with Gasteiger partial charge < -0.3 is 4.74 Å². The minimum absolute atomic E-state index is 0.0745. The van der Waals surface area contributed by atoms with Crippen molar-refractivity contribution < 1.29 is 19.2 Å². The molecule has 1 saturated carbocycles. The van der Waals surface area contributed by atoms with Crippen molar-refractivity contribution in [1.29, 1.82) is 0 Å². The maximum atomic E-state index is 12.7. The Morgan fingerprint density at radius 3 is 2.59 bits per heavy atom. The van der Waals surface area contributed by atoms with Gasteiger partial charge in [-0.2, -0.15) is 0 Å². The fourth-order valence-electron chi connectivity index (χ4n) is 3.97. The smallest absolute Gasteiger partial charge is 0.338 e. The Morgan fingerprint density at radius 1 is 1.33 bits per heavy atom. The first-order valence-corrected chi connectivity index (χ1v) is 9.05. The van der Waals surface area contributed by atoms with Crippen molar-refractivity contribution in [1.82, 2.24) is 0 Å². The molecule has 3 atom stereocenters. The molecule has 6 heteroatoms. The second-order valence-corrected chi connectivity index (χ2v) is 7.73. The van der Waals surface area contributed by atoms with Crippen LogP contribution in [0.25, 0.3) is 0 Å². The van der Waals surface area contributed by atoms with Crippen LogP contribution in [0.2, 0.25) is 0 Å². The average Bonchev–Trinajstić information content (AvgIpc) is 2.62. The van der Waals surface area contributed by atoms with Crippen LogP contribution < -0.4 is 0 Å². The molecule has 3 rings (SSSR count). The summed E-state index contributed by atoms with van der Waals surface area (Å²) in [4.78, 5) is 34.8. The monoisotopic (exact) mass is 369 g/mol. The zero-order chi connectivity index (χ0) is 19.8. The summed E-state index contributed by atoms with van der Waals surface area (Å²) in [6.07, 6.45) is 3.88. The number of nitro groups is 1. The molecule has 0 heterocycles. The van der Waals surface area contributed by atoms with Gasteiger partial charge in [0.05, 0.1) is 10.5 Å². The van der Waals surface area contributed by atoms with E-state index in [9.17, 15) is 19.7 Å². The quantitative estimate of drug-likeness (QED) is 0.340. The Kier molecular flexibility index (Phi) is 5.00. The highest BCUT2D eigenvalue weighted by Crippen LogP contribution is 2.51. The van der Waals surface area contributed by atoms with Gasteiger partial charge in [0.25, 0.3) is 5.69 Å². The molecule has 2 aliphatic rings. The summed E-state index contributed by atoms with van der Waals surface area (Å²) in [5, 5.41) is 10.8. The number of hydrogen-bond donors (Lipinski definition) is 0. The molecule has 1 aromatic rings. The highest BCUT2D eigenvalue weighted by molar-refractivity contribution is 5.92. The van der Waals surface area contributed by atoms with Crippen molar-refractivity contribution in [3.8, 4) is 0 Å². The van der Waals surface area contributed by atoms with Crippen LogP contribution in [0.3, 0.4) is 0 Å². The van der Waals surface area contributed by atoms with Crippen molar-refractivity contribution in [2.45, 2.75) is 45.6 Å². The molecule has 0 radical (unpaired) electrons. The molecule has 0 aliphatic heterocycles. The molecule has 6 nitrogen and oxygen atoms in total. The zero-order valence-electron chi connectivity index (χ0n) is 15.6. The van der Waals surface area contributed by atoms with Crippen LogP contribution in [-0.2, 0) is 9.53 Å². The van der Waals surface area contributed by atoms with Crippen molar-refractivity contribution in [3.05, 3.63) is 63.7 Å². The van der Waals surface area contributed by atoms with Gasteiger partial charge in [0.2, 0.25) is 0 Å². The van der Waals surface area contributed by atoms with Gasteiger partial charge in [-0.15, -0.1) is 0 Å². The van der Waals surface area contributed by atoms with E-state index in [1.165, 1.54) is 24.3 Å². The lowest BCUT2D eigenvalue weighted by atomic mass is 9.60. The molecule has 0 spiro atoms. The van der Waals surface area contributed by atoms with E-state index in [1.807, 2.05) is 13.8 Å². The number of ether oxygens (including phenoxy) is 1. The summed E-state index contributed by atoms with van der Waals surface area (Å²) in [5.74, 6) is -0.232. The molecule has 0 amide bonds. The highest BCUT2D eigenvalue weighted by Gasteiger charge is 2.47. The van der Waals surface area contributed by atoms with Crippen LogP contribution in [0.15, 0.2) is 48.1 Å². The number of hydrogen-bond acceptors (Lipinski definition) is 5. The van der Waals surface area contributed by atoms with Gasteiger partial charge >= 0.3 is 5.97 Å². The Hall–Kier alpha value is -2.76. The molecule has 0 saturated heterocycles. The van der Waals surface area contributed by atoms with Crippen LogP contribution in [0.1, 0.15) is 49.9 Å². The number of nitro benzene ring substituents is 1. The summed E-state index contributed by atoms with van der Waals surface area (Å²) < 4.78 is 5.86. The average molecular weight is 369 g/mol. The van der Waals surface area contributed by atoms with Crippen molar-refractivity contribution >= 4 is 17.4 Å². The first-order chi connectivity index (χ1) is 12.7. The Bertz CT molecular complexity index is 839. The molecule has 0 N–H and O–H groups in total. The lowest BCUT2D eigenvalue weighted by Crippen LogP contribution is -2.45. The van der Waals surface area contributed by atoms with Gasteiger partial charge in [0.15, 0.2) is 5.78 Å². The molecule has 27 heavy (non-hydrogen) atoms. The molecule has 0 aromatic heterocycles. The molecule has 1 fully saturated rings. The summed E-state index contributed by atoms with van der Waals surface area (Å²) in [5.41, 5.74) is 1.87. The number of non-ortho nitro benzene ring substituents is 1. The van der Waals surface area contributed by atoms with Gasteiger partial charge in [-0.25, -0.2) is 4.79 Å². The number of rotatable bonds is 4. The maximum absolute atomic E-state index is 12.7. The molecular weight excluding hydrogens is 346 g/mol. The third-order valence-electron chi connectivity index (χ3n) is 5.90. The Balaban J connectivity index is 1.85. The maximum Gasteiger partial charge on any atom is 0.338 e. The molecular formula is C21H23NO5. The second-order valence-electron chi connectivity index (χ2n) is 7.73. The van der Waals surface area contributed by atoms with Gasteiger partial charge in [-0.3, -0.25) is 14.9 Å². The van der Waals surface area contributed by atoms with Crippen LogP contribution in [-0.4, -0.2) is 22.8 Å². The first kappa shape index (κ1) is 19.0. The molecule has 0 bridgehead atoms. The van der Waals surface area contributed by atoms with Crippen molar-refractivity contribution in [3.63, 3.8) is 0 Å². The van der Waals surface area contributed by atoms with Gasteiger partial charge in [0, 0.05) is 24.0 Å².